The highest BCUT2D eigenvalue weighted by Gasteiger charge is 2.56. The summed E-state index contributed by atoms with van der Waals surface area (Å²) in [6.45, 7) is 2.90. The van der Waals surface area contributed by atoms with Crippen LogP contribution in [0, 0.1) is 23.1 Å². The Bertz CT molecular complexity index is 932. The van der Waals surface area contributed by atoms with Gasteiger partial charge < -0.3 is 15.5 Å². The quantitative estimate of drug-likeness (QED) is 0.781. The average molecular weight is 411 g/mol. The number of fused-ring (bicyclic) bond motifs is 3. The van der Waals surface area contributed by atoms with Crippen molar-refractivity contribution in [2.75, 3.05) is 13.1 Å². The van der Waals surface area contributed by atoms with Gasteiger partial charge in [0.1, 0.15) is 11.9 Å². The molecule has 1 aromatic rings. The van der Waals surface area contributed by atoms with Gasteiger partial charge in [-0.2, -0.15) is 5.26 Å². The fourth-order valence-corrected chi connectivity index (χ4v) is 5.74. The molecule has 7 nitrogen and oxygen atoms in total. The summed E-state index contributed by atoms with van der Waals surface area (Å²) in [5.41, 5.74) is 7.03. The molecule has 4 fully saturated rings. The van der Waals surface area contributed by atoms with E-state index >= 15 is 0 Å². The van der Waals surface area contributed by atoms with E-state index < -0.39 is 6.04 Å². The van der Waals surface area contributed by atoms with Crippen LogP contribution in [0.5, 0.6) is 0 Å². The van der Waals surface area contributed by atoms with E-state index in [2.05, 4.69) is 6.07 Å². The van der Waals surface area contributed by atoms with Gasteiger partial charge in [0, 0.05) is 25.2 Å². The van der Waals surface area contributed by atoms with E-state index in [1.807, 2.05) is 22.8 Å². The highest BCUT2D eigenvalue weighted by atomic mass is 19.1. The van der Waals surface area contributed by atoms with Gasteiger partial charge in [-0.15, -0.1) is 0 Å². The number of rotatable bonds is 5. The first-order valence-corrected chi connectivity index (χ1v) is 10.7. The maximum Gasteiger partial charge on any atom is 0.242 e. The van der Waals surface area contributed by atoms with Crippen LogP contribution >= 0.6 is 0 Å². The van der Waals surface area contributed by atoms with E-state index in [9.17, 15) is 19.2 Å². The maximum absolute atomic E-state index is 13.6. The smallest absolute Gasteiger partial charge is 0.242 e. The first-order chi connectivity index (χ1) is 14.4. The van der Waals surface area contributed by atoms with E-state index in [1.165, 1.54) is 12.1 Å². The Balaban J connectivity index is 1.24. The number of hydrogen-bond donors (Lipinski definition) is 1. The molecule has 3 saturated heterocycles. The van der Waals surface area contributed by atoms with E-state index in [1.54, 1.807) is 11.0 Å². The minimum absolute atomic E-state index is 0.0148. The number of hydrogen-bond acceptors (Lipinski definition) is 5. The van der Waals surface area contributed by atoms with Crippen LogP contribution < -0.4 is 5.73 Å². The maximum atomic E-state index is 13.6. The van der Waals surface area contributed by atoms with Crippen LogP contribution in [0.4, 0.5) is 4.39 Å². The topological polar surface area (TPSA) is 93.7 Å². The Hall–Kier alpha value is -2.50. The van der Waals surface area contributed by atoms with Gasteiger partial charge in [-0.3, -0.25) is 14.5 Å². The van der Waals surface area contributed by atoms with Crippen LogP contribution in [0.15, 0.2) is 24.3 Å². The third-order valence-electron chi connectivity index (χ3n) is 7.32. The first-order valence-electron chi connectivity index (χ1n) is 10.7. The molecular weight excluding hydrogens is 385 g/mol. The molecule has 0 unspecified atom stereocenters. The zero-order valence-corrected chi connectivity index (χ0v) is 16.9. The molecule has 7 atom stereocenters. The Labute approximate surface area is 175 Å². The van der Waals surface area contributed by atoms with Crippen LogP contribution in [0.1, 0.15) is 37.8 Å². The number of piperazine rings is 1. The lowest BCUT2D eigenvalue weighted by atomic mass is 10.1. The summed E-state index contributed by atoms with van der Waals surface area (Å²) in [6.07, 6.45) is 2.42. The second kappa shape index (κ2) is 7.03. The fraction of sp³-hybridized carbons (Fsp3) is 0.591. The summed E-state index contributed by atoms with van der Waals surface area (Å²) >= 11 is 0. The summed E-state index contributed by atoms with van der Waals surface area (Å²) < 4.78 is 13.6. The zero-order valence-electron chi connectivity index (χ0n) is 16.9. The Morgan fingerprint density at radius 3 is 2.87 bits per heavy atom. The summed E-state index contributed by atoms with van der Waals surface area (Å²) in [5.74, 6) is -0.0152. The van der Waals surface area contributed by atoms with Crippen LogP contribution in [0.2, 0.25) is 0 Å². The molecule has 0 spiro atoms. The summed E-state index contributed by atoms with van der Waals surface area (Å²) in [5, 5.41) is 9.33. The lowest BCUT2D eigenvalue weighted by molar-refractivity contribution is -0.141. The lowest BCUT2D eigenvalue weighted by Crippen LogP contribution is -2.57. The van der Waals surface area contributed by atoms with Gasteiger partial charge in [-0.25, -0.2) is 4.39 Å². The third kappa shape index (κ3) is 2.99. The van der Waals surface area contributed by atoms with Gasteiger partial charge in [0.15, 0.2) is 0 Å². The number of halogens is 1. The molecule has 5 rings (SSSR count). The number of benzene rings is 1. The van der Waals surface area contributed by atoms with Gasteiger partial charge in [0.2, 0.25) is 11.8 Å². The van der Waals surface area contributed by atoms with Gasteiger partial charge in [-0.1, -0.05) is 12.1 Å². The van der Waals surface area contributed by atoms with Crippen LogP contribution in [-0.4, -0.2) is 69.8 Å². The molecule has 4 aliphatic rings. The van der Waals surface area contributed by atoms with E-state index in [0.717, 1.165) is 18.4 Å². The molecule has 3 aliphatic heterocycles. The van der Waals surface area contributed by atoms with Crippen molar-refractivity contribution in [3.05, 3.63) is 35.6 Å². The van der Waals surface area contributed by atoms with Gasteiger partial charge in [-0.05, 0) is 49.8 Å². The zero-order chi connectivity index (χ0) is 21.2. The van der Waals surface area contributed by atoms with Crippen molar-refractivity contribution in [3.8, 4) is 6.07 Å². The van der Waals surface area contributed by atoms with Gasteiger partial charge in [0.25, 0.3) is 0 Å². The number of nitrogens with zero attached hydrogens (tertiary/aromatic N) is 4. The monoisotopic (exact) mass is 411 g/mol. The molecule has 2 bridgehead atoms. The summed E-state index contributed by atoms with van der Waals surface area (Å²) in [7, 11) is 0. The van der Waals surface area contributed by atoms with Crippen molar-refractivity contribution in [1.82, 2.24) is 14.7 Å². The van der Waals surface area contributed by atoms with Gasteiger partial charge >= 0.3 is 0 Å². The van der Waals surface area contributed by atoms with Crippen molar-refractivity contribution in [1.29, 1.82) is 5.26 Å². The number of nitrogens with two attached hydrogens (primary N) is 1. The molecule has 1 aromatic carbocycles. The molecule has 0 aromatic heterocycles. The fourth-order valence-electron chi connectivity index (χ4n) is 5.74. The predicted molar refractivity (Wildman–Crippen MR) is 106 cm³/mol. The molecule has 1 aliphatic carbocycles. The SMILES string of the molecule is C[C@@H](c1cccc(F)c1)N1C(=O)[C@H]2C[C@H]1CN2C[C@H](N)C(=O)N1[C@H](C#N)C[C@@H]2C[C@@H]21. The van der Waals surface area contributed by atoms with Crippen molar-refractivity contribution < 1.29 is 14.0 Å². The number of piperidine rings is 1. The molecule has 0 radical (unpaired) electrons. The first kappa shape index (κ1) is 19.5. The number of likely N-dealkylation sites (tertiary alicyclic amines) is 3. The van der Waals surface area contributed by atoms with Crippen molar-refractivity contribution in [3.63, 3.8) is 0 Å². The van der Waals surface area contributed by atoms with Crippen LogP contribution in [0.25, 0.3) is 0 Å². The van der Waals surface area contributed by atoms with E-state index in [-0.39, 0.29) is 47.8 Å². The van der Waals surface area contributed by atoms with Gasteiger partial charge in [0.05, 0.1) is 24.2 Å². The number of amides is 2. The van der Waals surface area contributed by atoms with E-state index in [0.29, 0.717) is 25.4 Å². The summed E-state index contributed by atoms with van der Waals surface area (Å²) in [6, 6.07) is 7.22. The molecule has 2 amide bonds. The number of nitriles is 1. The predicted octanol–water partition coefficient (Wildman–Crippen LogP) is 1.01. The highest BCUT2D eigenvalue weighted by Crippen LogP contribution is 2.48. The molecule has 8 heteroatoms. The summed E-state index contributed by atoms with van der Waals surface area (Å²) in [4.78, 5) is 31.5. The standard InChI is InChI=1S/C22H26FN5O2/c1-12(13-3-2-4-15(23)5-13)27-17-8-20(22(27)30)26(10-17)11-18(25)21(29)28-16(9-24)6-14-7-19(14)28/h2-5,12,14,16-20H,6-8,10-11,25H2,1H3/t12-,14+,16-,17-,18-,19-,20+/m0/s1. The Kier molecular flexibility index (Phi) is 4.56. The second-order valence-electron chi connectivity index (χ2n) is 9.13. The average Bonchev–Trinajstić information content (AvgIpc) is 3.06. The minimum atomic E-state index is -0.735. The van der Waals surface area contributed by atoms with E-state index in [4.69, 9.17) is 5.73 Å². The molecule has 158 valence electrons. The minimum Gasteiger partial charge on any atom is -0.330 e. The Morgan fingerprint density at radius 1 is 1.37 bits per heavy atom. The Morgan fingerprint density at radius 2 is 2.17 bits per heavy atom. The van der Waals surface area contributed by atoms with Crippen LogP contribution in [0.3, 0.4) is 0 Å². The van der Waals surface area contributed by atoms with Crippen molar-refractivity contribution in [2.24, 2.45) is 11.7 Å². The number of carbonyl (C=O) groups excluding carboxylic acids is 2. The third-order valence-corrected chi connectivity index (χ3v) is 7.32. The second-order valence-corrected chi connectivity index (χ2v) is 9.13. The lowest BCUT2D eigenvalue weighted by Gasteiger charge is -2.38. The van der Waals surface area contributed by atoms with Crippen molar-refractivity contribution >= 4 is 11.8 Å². The molecule has 2 N–H and O–H groups in total. The largest absolute Gasteiger partial charge is 0.330 e. The molecular formula is C22H26FN5O2. The molecule has 1 saturated carbocycles. The number of carbonyl (C=O) groups is 2. The molecule has 30 heavy (non-hydrogen) atoms. The van der Waals surface area contributed by atoms with Crippen LogP contribution in [-0.2, 0) is 9.59 Å². The normalized spacial score (nSPS) is 34.1. The van der Waals surface area contributed by atoms with Crippen molar-refractivity contribution in [2.45, 2.75) is 62.4 Å². The highest BCUT2D eigenvalue weighted by molar-refractivity contribution is 5.87. The molecule has 3 heterocycles.